The molecule has 0 spiro atoms. The second-order valence-corrected chi connectivity index (χ2v) is 6.17. The van der Waals surface area contributed by atoms with Gasteiger partial charge in [-0.25, -0.2) is 0 Å². The lowest BCUT2D eigenvalue weighted by atomic mass is 10.1. The van der Waals surface area contributed by atoms with E-state index in [0.717, 1.165) is 46.7 Å². The first-order valence-corrected chi connectivity index (χ1v) is 8.93. The van der Waals surface area contributed by atoms with E-state index < -0.39 is 0 Å². The van der Waals surface area contributed by atoms with Gasteiger partial charge in [0.2, 0.25) is 5.91 Å². The highest BCUT2D eigenvalue weighted by Crippen LogP contribution is 2.24. The number of carbonyl (C=O) groups excluding carboxylic acids is 1. The summed E-state index contributed by atoms with van der Waals surface area (Å²) in [6.07, 6.45) is 2.19. The smallest absolute Gasteiger partial charge is 0.228 e. The number of aromatic amines is 1. The summed E-state index contributed by atoms with van der Waals surface area (Å²) in [6, 6.07) is 13.8. The fourth-order valence-corrected chi connectivity index (χ4v) is 3.15. The Kier molecular flexibility index (Phi) is 5.46. The van der Waals surface area contributed by atoms with Crippen LogP contribution >= 0.6 is 0 Å². The first-order valence-electron chi connectivity index (χ1n) is 8.93. The Morgan fingerprint density at radius 3 is 2.50 bits per heavy atom. The predicted octanol–water partition coefficient (Wildman–Crippen LogP) is 4.20. The highest BCUT2D eigenvalue weighted by Gasteiger charge is 2.10. The molecule has 0 aliphatic heterocycles. The van der Waals surface area contributed by atoms with Crippen molar-refractivity contribution in [2.45, 2.75) is 20.3 Å². The molecular formula is C21H25N3O2. The highest BCUT2D eigenvalue weighted by atomic mass is 16.5. The van der Waals surface area contributed by atoms with Gasteiger partial charge in [0.15, 0.2) is 0 Å². The average molecular weight is 351 g/mol. The Morgan fingerprint density at radius 2 is 1.85 bits per heavy atom. The van der Waals surface area contributed by atoms with Crippen molar-refractivity contribution in [3.63, 3.8) is 0 Å². The number of benzene rings is 2. The molecule has 136 valence electrons. The fraction of sp³-hybridized carbons (Fsp3) is 0.286. The van der Waals surface area contributed by atoms with Crippen molar-refractivity contribution in [3.05, 3.63) is 54.2 Å². The standard InChI is InChI=1S/C21H25N3O2/c1-4-24(5-2)17-8-6-16(7-9-17)23-21(25)12-15-14-22-20-11-10-18(26-3)13-19(15)20/h6-11,13-14,22H,4-5,12H2,1-3H3,(H,23,25). The van der Waals surface area contributed by atoms with Crippen LogP contribution in [0.5, 0.6) is 5.75 Å². The number of methoxy groups -OCH3 is 1. The van der Waals surface area contributed by atoms with Gasteiger partial charge in [-0.05, 0) is 61.9 Å². The van der Waals surface area contributed by atoms with Crippen molar-refractivity contribution < 1.29 is 9.53 Å². The van der Waals surface area contributed by atoms with Crippen LogP contribution in [0.2, 0.25) is 0 Å². The Bertz CT molecular complexity index is 880. The molecule has 0 aliphatic carbocycles. The lowest BCUT2D eigenvalue weighted by molar-refractivity contribution is -0.115. The molecule has 1 aromatic heterocycles. The molecule has 3 rings (SSSR count). The van der Waals surface area contributed by atoms with Gasteiger partial charge in [0.1, 0.15) is 5.75 Å². The van der Waals surface area contributed by atoms with Crippen LogP contribution in [0.3, 0.4) is 0 Å². The Hall–Kier alpha value is -2.95. The molecule has 0 unspecified atom stereocenters. The van der Waals surface area contributed by atoms with Crippen molar-refractivity contribution in [2.24, 2.45) is 0 Å². The largest absolute Gasteiger partial charge is 0.497 e. The summed E-state index contributed by atoms with van der Waals surface area (Å²) < 4.78 is 5.28. The topological polar surface area (TPSA) is 57.4 Å². The lowest BCUT2D eigenvalue weighted by Gasteiger charge is -2.21. The van der Waals surface area contributed by atoms with E-state index in [0.29, 0.717) is 6.42 Å². The van der Waals surface area contributed by atoms with Crippen molar-refractivity contribution in [1.82, 2.24) is 4.98 Å². The van der Waals surface area contributed by atoms with Gasteiger partial charge in [0.25, 0.3) is 0 Å². The average Bonchev–Trinajstić information content (AvgIpc) is 3.06. The number of H-pyrrole nitrogens is 1. The van der Waals surface area contributed by atoms with E-state index in [2.05, 4.69) is 29.0 Å². The Morgan fingerprint density at radius 1 is 1.12 bits per heavy atom. The summed E-state index contributed by atoms with van der Waals surface area (Å²) >= 11 is 0. The third-order valence-corrected chi connectivity index (χ3v) is 4.61. The molecule has 0 radical (unpaired) electrons. The zero-order valence-corrected chi connectivity index (χ0v) is 15.5. The Balaban J connectivity index is 1.69. The van der Waals surface area contributed by atoms with E-state index in [1.807, 2.05) is 48.7 Å². The molecule has 1 amide bonds. The van der Waals surface area contributed by atoms with Crippen LogP contribution in [0.1, 0.15) is 19.4 Å². The number of ether oxygens (including phenoxy) is 1. The first-order chi connectivity index (χ1) is 12.6. The van der Waals surface area contributed by atoms with E-state index in [9.17, 15) is 4.79 Å². The highest BCUT2D eigenvalue weighted by molar-refractivity contribution is 5.96. The second kappa shape index (κ2) is 7.95. The van der Waals surface area contributed by atoms with Gasteiger partial charge >= 0.3 is 0 Å². The zero-order valence-electron chi connectivity index (χ0n) is 15.5. The maximum absolute atomic E-state index is 12.4. The van der Waals surface area contributed by atoms with Gasteiger partial charge in [-0.3, -0.25) is 4.79 Å². The van der Waals surface area contributed by atoms with Gasteiger partial charge in [0, 0.05) is 41.6 Å². The number of hydrogen-bond donors (Lipinski definition) is 2. The SMILES string of the molecule is CCN(CC)c1ccc(NC(=O)Cc2c[nH]c3ccc(OC)cc23)cc1. The quantitative estimate of drug-likeness (QED) is 0.670. The van der Waals surface area contributed by atoms with Gasteiger partial charge in [0.05, 0.1) is 13.5 Å². The molecule has 0 bridgehead atoms. The number of nitrogens with one attached hydrogen (secondary N) is 2. The minimum atomic E-state index is -0.0377. The van der Waals surface area contributed by atoms with Gasteiger partial charge in [-0.15, -0.1) is 0 Å². The molecule has 5 heteroatoms. The van der Waals surface area contributed by atoms with Crippen LogP contribution in [0, 0.1) is 0 Å². The van der Waals surface area contributed by atoms with Gasteiger partial charge in [-0.2, -0.15) is 0 Å². The Labute approximate surface area is 154 Å². The van der Waals surface area contributed by atoms with Crippen LogP contribution in [-0.2, 0) is 11.2 Å². The molecule has 1 heterocycles. The van der Waals surface area contributed by atoms with Crippen molar-refractivity contribution in [1.29, 1.82) is 0 Å². The number of nitrogens with zero attached hydrogens (tertiary/aromatic N) is 1. The summed E-state index contributed by atoms with van der Waals surface area (Å²) in [4.78, 5) is 17.9. The number of rotatable bonds is 7. The molecular weight excluding hydrogens is 326 g/mol. The minimum Gasteiger partial charge on any atom is -0.497 e. The summed E-state index contributed by atoms with van der Waals surface area (Å²) in [6.45, 7) is 6.20. The normalized spacial score (nSPS) is 10.7. The molecule has 0 aliphatic rings. The second-order valence-electron chi connectivity index (χ2n) is 6.17. The maximum Gasteiger partial charge on any atom is 0.228 e. The number of amides is 1. The summed E-state index contributed by atoms with van der Waals surface area (Å²) in [5.41, 5.74) is 3.92. The van der Waals surface area contributed by atoms with Crippen LogP contribution in [-0.4, -0.2) is 31.1 Å². The first kappa shape index (κ1) is 17.9. The van der Waals surface area contributed by atoms with Crippen molar-refractivity contribution >= 4 is 28.2 Å². The third kappa shape index (κ3) is 3.82. The summed E-state index contributed by atoms with van der Waals surface area (Å²) in [5.74, 6) is 0.745. The monoisotopic (exact) mass is 351 g/mol. The number of fused-ring (bicyclic) bond motifs is 1. The van der Waals surface area contributed by atoms with Crippen molar-refractivity contribution in [2.75, 3.05) is 30.4 Å². The molecule has 2 N–H and O–H groups in total. The maximum atomic E-state index is 12.4. The van der Waals surface area contributed by atoms with Crippen LogP contribution in [0.15, 0.2) is 48.7 Å². The van der Waals surface area contributed by atoms with E-state index in [1.165, 1.54) is 0 Å². The van der Waals surface area contributed by atoms with Gasteiger partial charge < -0.3 is 19.9 Å². The minimum absolute atomic E-state index is 0.0377. The molecule has 26 heavy (non-hydrogen) atoms. The molecule has 0 saturated carbocycles. The van der Waals surface area contributed by atoms with E-state index in [4.69, 9.17) is 4.74 Å². The molecule has 0 saturated heterocycles. The number of aromatic nitrogens is 1. The zero-order chi connectivity index (χ0) is 18.5. The lowest BCUT2D eigenvalue weighted by Crippen LogP contribution is -2.21. The van der Waals surface area contributed by atoms with Crippen molar-refractivity contribution in [3.8, 4) is 5.75 Å². The van der Waals surface area contributed by atoms with Crippen LogP contribution in [0.25, 0.3) is 10.9 Å². The third-order valence-electron chi connectivity index (χ3n) is 4.61. The molecule has 3 aromatic rings. The number of anilines is 2. The molecule has 0 atom stereocenters. The van der Waals surface area contributed by atoms with Crippen LogP contribution in [0.4, 0.5) is 11.4 Å². The summed E-state index contributed by atoms with van der Waals surface area (Å²) in [5, 5.41) is 3.98. The van der Waals surface area contributed by atoms with Crippen LogP contribution < -0.4 is 15.0 Å². The molecule has 0 fully saturated rings. The van der Waals surface area contributed by atoms with E-state index in [-0.39, 0.29) is 5.91 Å². The predicted molar refractivity (Wildman–Crippen MR) is 107 cm³/mol. The molecule has 5 nitrogen and oxygen atoms in total. The molecule has 2 aromatic carbocycles. The van der Waals surface area contributed by atoms with E-state index >= 15 is 0 Å². The fourth-order valence-electron chi connectivity index (χ4n) is 3.15. The van der Waals surface area contributed by atoms with Gasteiger partial charge in [-0.1, -0.05) is 0 Å². The number of carbonyl (C=O) groups is 1. The number of hydrogen-bond acceptors (Lipinski definition) is 3. The van der Waals surface area contributed by atoms with E-state index in [1.54, 1.807) is 7.11 Å². The summed E-state index contributed by atoms with van der Waals surface area (Å²) in [7, 11) is 1.64.